The van der Waals surface area contributed by atoms with E-state index in [9.17, 15) is 4.79 Å². The number of nitrogens with zero attached hydrogens (tertiary/aromatic N) is 1. The monoisotopic (exact) mass is 269 g/mol. The molecule has 1 aromatic carbocycles. The van der Waals surface area contributed by atoms with Crippen LogP contribution in [0.25, 0.3) is 0 Å². The van der Waals surface area contributed by atoms with E-state index < -0.39 is 0 Å². The van der Waals surface area contributed by atoms with Crippen LogP contribution in [0.3, 0.4) is 0 Å². The van der Waals surface area contributed by atoms with Crippen LogP contribution in [0.15, 0.2) is 30.3 Å². The molecule has 1 saturated heterocycles. The van der Waals surface area contributed by atoms with Gasteiger partial charge in [0.05, 0.1) is 0 Å². The summed E-state index contributed by atoms with van der Waals surface area (Å²) in [5, 5.41) is 6.23. The largest absolute Gasteiger partial charge is 0.334 e. The molecule has 0 saturated carbocycles. The van der Waals surface area contributed by atoms with Gasteiger partial charge in [-0.1, -0.05) is 30.3 Å². The summed E-state index contributed by atoms with van der Waals surface area (Å²) >= 11 is 0. The van der Waals surface area contributed by atoms with Crippen LogP contribution in [0.5, 0.6) is 0 Å². The summed E-state index contributed by atoms with van der Waals surface area (Å²) in [6.07, 6.45) is 0. The van der Waals surface area contributed by atoms with Crippen LogP contribution in [0.2, 0.25) is 0 Å². The molecule has 0 radical (unpaired) electrons. The van der Waals surface area contributed by atoms with Crippen molar-refractivity contribution in [2.75, 3.05) is 19.6 Å². The second-order valence-electron chi connectivity index (χ2n) is 4.39. The van der Waals surface area contributed by atoms with Crippen LogP contribution in [-0.2, 0) is 6.54 Å². The number of hydrogen-bond donors (Lipinski definition) is 2. The highest BCUT2D eigenvalue weighted by molar-refractivity contribution is 5.85. The maximum absolute atomic E-state index is 12.0. The minimum atomic E-state index is 0. The van der Waals surface area contributed by atoms with E-state index in [4.69, 9.17) is 0 Å². The molecule has 1 aliphatic rings. The predicted molar refractivity (Wildman–Crippen MR) is 75.0 cm³/mol. The average molecular weight is 270 g/mol. The molecule has 0 aromatic heterocycles. The Bertz CT molecular complexity index is 372. The molecule has 100 valence electrons. The Hall–Kier alpha value is -1.26. The van der Waals surface area contributed by atoms with Gasteiger partial charge in [0.15, 0.2) is 0 Å². The molecule has 1 atom stereocenters. The maximum atomic E-state index is 12.0. The number of urea groups is 1. The van der Waals surface area contributed by atoms with Gasteiger partial charge < -0.3 is 15.5 Å². The minimum absolute atomic E-state index is 0. The van der Waals surface area contributed by atoms with Crippen molar-refractivity contribution >= 4 is 18.4 Å². The average Bonchev–Trinajstić information content (AvgIpc) is 2.38. The standard InChI is InChI=1S/C13H19N3O.ClH/c1-11-9-14-7-8-16(11)13(17)15-10-12-5-3-2-4-6-12;/h2-6,11,14H,7-10H2,1H3,(H,15,17);1H/t11-;/m1./s1. The number of piperazine rings is 1. The van der Waals surface area contributed by atoms with Gasteiger partial charge in [-0.3, -0.25) is 0 Å². The summed E-state index contributed by atoms with van der Waals surface area (Å²) in [5.41, 5.74) is 1.13. The maximum Gasteiger partial charge on any atom is 0.317 e. The molecule has 2 N–H and O–H groups in total. The quantitative estimate of drug-likeness (QED) is 0.857. The van der Waals surface area contributed by atoms with Crippen LogP contribution in [0, 0.1) is 0 Å². The van der Waals surface area contributed by atoms with Crippen molar-refractivity contribution < 1.29 is 4.79 Å². The minimum Gasteiger partial charge on any atom is -0.334 e. The molecule has 0 unspecified atom stereocenters. The third-order valence-corrected chi connectivity index (χ3v) is 3.05. The molecule has 1 aliphatic heterocycles. The topological polar surface area (TPSA) is 44.4 Å². The Labute approximate surface area is 114 Å². The molecule has 18 heavy (non-hydrogen) atoms. The highest BCUT2D eigenvalue weighted by Gasteiger charge is 2.22. The van der Waals surface area contributed by atoms with Gasteiger partial charge in [0.25, 0.3) is 0 Å². The van der Waals surface area contributed by atoms with Crippen LogP contribution in [0.1, 0.15) is 12.5 Å². The number of nitrogens with one attached hydrogen (secondary N) is 2. The first-order valence-electron chi connectivity index (χ1n) is 6.06. The normalized spacial score (nSPS) is 18.9. The number of rotatable bonds is 2. The lowest BCUT2D eigenvalue weighted by molar-refractivity contribution is 0.164. The molecule has 1 fully saturated rings. The highest BCUT2D eigenvalue weighted by Crippen LogP contribution is 2.03. The van der Waals surface area contributed by atoms with Gasteiger partial charge >= 0.3 is 6.03 Å². The first-order valence-corrected chi connectivity index (χ1v) is 6.06. The van der Waals surface area contributed by atoms with E-state index in [1.807, 2.05) is 35.2 Å². The zero-order valence-corrected chi connectivity index (χ0v) is 11.4. The van der Waals surface area contributed by atoms with Crippen LogP contribution >= 0.6 is 12.4 Å². The van der Waals surface area contributed by atoms with Crippen molar-refractivity contribution in [3.8, 4) is 0 Å². The summed E-state index contributed by atoms with van der Waals surface area (Å²) in [7, 11) is 0. The zero-order valence-electron chi connectivity index (χ0n) is 10.6. The molecule has 5 heteroatoms. The molecule has 0 spiro atoms. The van der Waals surface area contributed by atoms with Gasteiger partial charge in [-0.25, -0.2) is 4.79 Å². The lowest BCUT2D eigenvalue weighted by Crippen LogP contribution is -2.55. The fourth-order valence-corrected chi connectivity index (χ4v) is 2.02. The Balaban J connectivity index is 0.00000162. The van der Waals surface area contributed by atoms with Crippen molar-refractivity contribution in [2.24, 2.45) is 0 Å². The summed E-state index contributed by atoms with van der Waals surface area (Å²) in [5.74, 6) is 0. The second kappa shape index (κ2) is 7.24. The van der Waals surface area contributed by atoms with Crippen LogP contribution in [-0.4, -0.2) is 36.6 Å². The first-order chi connectivity index (χ1) is 8.27. The van der Waals surface area contributed by atoms with E-state index in [0.29, 0.717) is 6.54 Å². The Kier molecular flexibility index (Phi) is 5.95. The number of carbonyl (C=O) groups is 1. The smallest absolute Gasteiger partial charge is 0.317 e. The second-order valence-corrected chi connectivity index (χ2v) is 4.39. The van der Waals surface area contributed by atoms with Crippen molar-refractivity contribution in [3.63, 3.8) is 0 Å². The fourth-order valence-electron chi connectivity index (χ4n) is 2.02. The first kappa shape index (κ1) is 14.8. The van der Waals surface area contributed by atoms with E-state index >= 15 is 0 Å². The molecule has 0 bridgehead atoms. The summed E-state index contributed by atoms with van der Waals surface area (Å²) in [6, 6.07) is 10.3. The fraction of sp³-hybridized carbons (Fsp3) is 0.462. The molecule has 2 rings (SSSR count). The highest BCUT2D eigenvalue weighted by atomic mass is 35.5. The van der Waals surface area contributed by atoms with Gasteiger partial charge in [-0.15, -0.1) is 12.4 Å². The number of amides is 2. The van der Waals surface area contributed by atoms with Crippen LogP contribution in [0.4, 0.5) is 4.79 Å². The summed E-state index contributed by atoms with van der Waals surface area (Å²) in [6.45, 7) is 5.19. The van der Waals surface area contributed by atoms with E-state index in [1.165, 1.54) is 0 Å². The lowest BCUT2D eigenvalue weighted by Gasteiger charge is -2.33. The summed E-state index contributed by atoms with van der Waals surface area (Å²) < 4.78 is 0. The van der Waals surface area contributed by atoms with Crippen molar-refractivity contribution in [3.05, 3.63) is 35.9 Å². The Morgan fingerprint density at radius 1 is 1.44 bits per heavy atom. The molecule has 4 nitrogen and oxygen atoms in total. The van der Waals surface area contributed by atoms with E-state index in [2.05, 4.69) is 17.6 Å². The number of halogens is 1. The molecular formula is C13H20ClN3O. The van der Waals surface area contributed by atoms with E-state index in [-0.39, 0.29) is 24.5 Å². The van der Waals surface area contributed by atoms with Crippen LogP contribution < -0.4 is 10.6 Å². The lowest BCUT2D eigenvalue weighted by atomic mass is 10.2. The van der Waals surface area contributed by atoms with Gasteiger partial charge in [0.1, 0.15) is 0 Å². The van der Waals surface area contributed by atoms with Gasteiger partial charge in [0.2, 0.25) is 0 Å². The molecule has 0 aliphatic carbocycles. The number of hydrogen-bond acceptors (Lipinski definition) is 2. The van der Waals surface area contributed by atoms with Crippen molar-refractivity contribution in [1.82, 2.24) is 15.5 Å². The SMILES string of the molecule is C[C@@H]1CNCCN1C(=O)NCc1ccccc1.Cl. The predicted octanol–water partition coefficient (Wildman–Crippen LogP) is 1.61. The van der Waals surface area contributed by atoms with E-state index in [0.717, 1.165) is 25.2 Å². The molecule has 2 amide bonds. The third kappa shape index (κ3) is 3.89. The van der Waals surface area contributed by atoms with Gasteiger partial charge in [-0.2, -0.15) is 0 Å². The van der Waals surface area contributed by atoms with Gasteiger partial charge in [-0.05, 0) is 12.5 Å². The Morgan fingerprint density at radius 2 is 2.17 bits per heavy atom. The third-order valence-electron chi connectivity index (χ3n) is 3.05. The van der Waals surface area contributed by atoms with Crippen molar-refractivity contribution in [1.29, 1.82) is 0 Å². The number of benzene rings is 1. The van der Waals surface area contributed by atoms with E-state index in [1.54, 1.807) is 0 Å². The van der Waals surface area contributed by atoms with Crippen molar-refractivity contribution in [2.45, 2.75) is 19.5 Å². The summed E-state index contributed by atoms with van der Waals surface area (Å²) in [4.78, 5) is 13.9. The molecule has 1 heterocycles. The molecule has 1 aromatic rings. The Morgan fingerprint density at radius 3 is 2.83 bits per heavy atom. The zero-order chi connectivity index (χ0) is 12.1. The molecular weight excluding hydrogens is 250 g/mol. The number of carbonyl (C=O) groups excluding carboxylic acids is 1. The van der Waals surface area contributed by atoms with Gasteiger partial charge in [0, 0.05) is 32.2 Å².